The summed E-state index contributed by atoms with van der Waals surface area (Å²) < 4.78 is 7.03. The Hall–Kier alpha value is -2.63. The molecule has 1 fully saturated rings. The monoisotopic (exact) mass is 286 g/mol. The number of benzene rings is 1. The molecule has 0 amide bonds. The average molecular weight is 286 g/mol. The Morgan fingerprint density at radius 2 is 2.19 bits per heavy atom. The zero-order valence-corrected chi connectivity index (χ0v) is 11.4. The van der Waals surface area contributed by atoms with Crippen molar-refractivity contribution in [3.8, 4) is 11.6 Å². The Bertz CT molecular complexity index is 763. The maximum atomic E-state index is 12.2. The number of aryl methyl sites for hydroxylation is 1. The Morgan fingerprint density at radius 1 is 1.43 bits per heavy atom. The second-order valence-electron chi connectivity index (χ2n) is 5.08. The highest BCUT2D eigenvalue weighted by atomic mass is 16.5. The summed E-state index contributed by atoms with van der Waals surface area (Å²) in [5, 5.41) is 9.21. The Kier molecular flexibility index (Phi) is 3.21. The van der Waals surface area contributed by atoms with E-state index in [0.717, 1.165) is 18.4 Å². The van der Waals surface area contributed by atoms with Crippen LogP contribution in [-0.2, 0) is 0 Å². The molecule has 6 nitrogen and oxygen atoms in total. The van der Waals surface area contributed by atoms with Gasteiger partial charge in [-0.3, -0.25) is 4.79 Å². The molecule has 108 valence electrons. The molecule has 1 N–H and O–H groups in total. The number of aromatic nitrogens is 2. The number of carboxylic acids is 1. The van der Waals surface area contributed by atoms with Gasteiger partial charge in [0.2, 0.25) is 0 Å². The first-order chi connectivity index (χ1) is 10.1. The number of rotatable bonds is 4. The lowest BCUT2D eigenvalue weighted by molar-refractivity contribution is 0.0694. The lowest BCUT2D eigenvalue weighted by Crippen LogP contribution is -2.21. The molecule has 1 aromatic carbocycles. The number of aromatic carboxylic acids is 1. The molecule has 0 unspecified atom stereocenters. The third-order valence-corrected chi connectivity index (χ3v) is 3.35. The zero-order chi connectivity index (χ0) is 15.0. The van der Waals surface area contributed by atoms with E-state index in [2.05, 4.69) is 4.98 Å². The summed E-state index contributed by atoms with van der Waals surface area (Å²) in [6, 6.07) is 4.97. The van der Waals surface area contributed by atoms with Gasteiger partial charge in [0.15, 0.2) is 0 Å². The Morgan fingerprint density at radius 3 is 2.86 bits per heavy atom. The minimum absolute atomic E-state index is 0.0121. The van der Waals surface area contributed by atoms with Gasteiger partial charge in [-0.25, -0.2) is 9.78 Å². The van der Waals surface area contributed by atoms with Gasteiger partial charge in [0.1, 0.15) is 11.3 Å². The van der Waals surface area contributed by atoms with Crippen LogP contribution in [0.4, 0.5) is 0 Å². The SMILES string of the molecule is Cc1ccc(Oc2nccn(C3CC3)c2=O)c(C(=O)O)c1. The van der Waals surface area contributed by atoms with E-state index >= 15 is 0 Å². The van der Waals surface area contributed by atoms with Crippen LogP contribution in [0.3, 0.4) is 0 Å². The van der Waals surface area contributed by atoms with E-state index < -0.39 is 5.97 Å². The van der Waals surface area contributed by atoms with Gasteiger partial charge in [-0.2, -0.15) is 0 Å². The molecule has 2 aromatic rings. The summed E-state index contributed by atoms with van der Waals surface area (Å²) in [4.78, 5) is 27.4. The second-order valence-corrected chi connectivity index (χ2v) is 5.08. The number of nitrogens with zero attached hydrogens (tertiary/aromatic N) is 2. The van der Waals surface area contributed by atoms with Gasteiger partial charge in [0.05, 0.1) is 0 Å². The standard InChI is InChI=1S/C15H14N2O4/c1-9-2-5-12(11(8-9)15(19)20)21-13-14(18)17(7-6-16-13)10-3-4-10/h2,5-8,10H,3-4H2,1H3,(H,19,20). The molecule has 6 heteroatoms. The number of hydrogen-bond donors (Lipinski definition) is 1. The van der Waals surface area contributed by atoms with Crippen LogP contribution in [0.15, 0.2) is 35.4 Å². The first kappa shape index (κ1) is 13.4. The van der Waals surface area contributed by atoms with Gasteiger partial charge in [-0.15, -0.1) is 0 Å². The van der Waals surface area contributed by atoms with E-state index in [9.17, 15) is 14.7 Å². The highest BCUT2D eigenvalue weighted by Gasteiger charge is 2.26. The minimum Gasteiger partial charge on any atom is -0.478 e. The van der Waals surface area contributed by atoms with Crippen LogP contribution in [0.5, 0.6) is 11.6 Å². The second kappa shape index (κ2) is 5.05. The Labute approximate surface area is 120 Å². The molecule has 0 saturated heterocycles. The zero-order valence-electron chi connectivity index (χ0n) is 11.4. The van der Waals surface area contributed by atoms with Crippen molar-refractivity contribution < 1.29 is 14.6 Å². The summed E-state index contributed by atoms with van der Waals surface area (Å²) in [7, 11) is 0. The fourth-order valence-electron chi connectivity index (χ4n) is 2.12. The van der Waals surface area contributed by atoms with Gasteiger partial charge in [-0.05, 0) is 31.9 Å². The number of hydrogen-bond acceptors (Lipinski definition) is 4. The van der Waals surface area contributed by atoms with Gasteiger partial charge in [-0.1, -0.05) is 11.6 Å². The third-order valence-electron chi connectivity index (χ3n) is 3.35. The summed E-state index contributed by atoms with van der Waals surface area (Å²) in [6.07, 6.45) is 5.05. The van der Waals surface area contributed by atoms with Crippen molar-refractivity contribution in [1.82, 2.24) is 9.55 Å². The van der Waals surface area contributed by atoms with Crippen LogP contribution in [0.25, 0.3) is 0 Å². The van der Waals surface area contributed by atoms with Crippen molar-refractivity contribution in [3.63, 3.8) is 0 Å². The third kappa shape index (κ3) is 2.65. The van der Waals surface area contributed by atoms with Gasteiger partial charge in [0.25, 0.3) is 5.88 Å². The molecule has 1 aliphatic rings. The highest BCUT2D eigenvalue weighted by Crippen LogP contribution is 2.33. The van der Waals surface area contributed by atoms with Gasteiger partial charge in [0, 0.05) is 18.4 Å². The molecule has 1 aromatic heterocycles. The largest absolute Gasteiger partial charge is 0.478 e. The molecule has 0 bridgehead atoms. The molecule has 1 heterocycles. The van der Waals surface area contributed by atoms with Crippen molar-refractivity contribution >= 4 is 5.97 Å². The van der Waals surface area contributed by atoms with Crippen LogP contribution in [-0.4, -0.2) is 20.6 Å². The average Bonchev–Trinajstić information content (AvgIpc) is 3.27. The number of carboxylic acid groups (broad SMARTS) is 1. The topological polar surface area (TPSA) is 81.4 Å². The van der Waals surface area contributed by atoms with Crippen molar-refractivity contribution in [1.29, 1.82) is 0 Å². The van der Waals surface area contributed by atoms with Crippen LogP contribution in [0.2, 0.25) is 0 Å². The highest BCUT2D eigenvalue weighted by molar-refractivity contribution is 5.91. The quantitative estimate of drug-likeness (QED) is 0.933. The van der Waals surface area contributed by atoms with Crippen LogP contribution in [0.1, 0.15) is 34.8 Å². The van der Waals surface area contributed by atoms with Crippen LogP contribution in [0, 0.1) is 6.92 Å². The van der Waals surface area contributed by atoms with E-state index in [1.165, 1.54) is 18.3 Å². The molecular weight excluding hydrogens is 272 g/mol. The molecule has 21 heavy (non-hydrogen) atoms. The fraction of sp³-hybridized carbons (Fsp3) is 0.267. The lowest BCUT2D eigenvalue weighted by Gasteiger charge is -2.09. The summed E-state index contributed by atoms with van der Waals surface area (Å²) in [6.45, 7) is 1.79. The number of ether oxygens (including phenoxy) is 1. The first-order valence-corrected chi connectivity index (χ1v) is 6.65. The van der Waals surface area contributed by atoms with E-state index in [4.69, 9.17) is 4.74 Å². The molecular formula is C15H14N2O4. The minimum atomic E-state index is -1.10. The fourth-order valence-corrected chi connectivity index (χ4v) is 2.12. The summed E-state index contributed by atoms with van der Waals surface area (Å²) >= 11 is 0. The summed E-state index contributed by atoms with van der Waals surface area (Å²) in [5.41, 5.74) is 0.478. The smallest absolute Gasteiger partial charge is 0.339 e. The van der Waals surface area contributed by atoms with E-state index in [1.807, 2.05) is 0 Å². The maximum absolute atomic E-state index is 12.2. The van der Waals surface area contributed by atoms with Crippen molar-refractivity contribution in [3.05, 3.63) is 52.1 Å². The lowest BCUT2D eigenvalue weighted by atomic mass is 10.1. The predicted octanol–water partition coefficient (Wildman–Crippen LogP) is 2.38. The molecule has 0 aliphatic heterocycles. The van der Waals surface area contributed by atoms with Crippen LogP contribution < -0.4 is 10.3 Å². The molecule has 0 spiro atoms. The molecule has 1 aliphatic carbocycles. The van der Waals surface area contributed by atoms with E-state index in [-0.39, 0.29) is 28.8 Å². The molecule has 1 saturated carbocycles. The van der Waals surface area contributed by atoms with E-state index in [1.54, 1.807) is 23.8 Å². The molecule has 3 rings (SSSR count). The van der Waals surface area contributed by atoms with Gasteiger partial charge < -0.3 is 14.4 Å². The normalized spacial score (nSPS) is 14.0. The maximum Gasteiger partial charge on any atom is 0.339 e. The summed E-state index contributed by atoms with van der Waals surface area (Å²) in [5.74, 6) is -1.09. The molecule has 0 radical (unpaired) electrons. The van der Waals surface area contributed by atoms with Crippen LogP contribution >= 0.6 is 0 Å². The number of carbonyl (C=O) groups is 1. The predicted molar refractivity (Wildman–Crippen MR) is 75.0 cm³/mol. The van der Waals surface area contributed by atoms with Gasteiger partial charge >= 0.3 is 11.5 Å². The van der Waals surface area contributed by atoms with Crippen molar-refractivity contribution in [2.24, 2.45) is 0 Å². The van der Waals surface area contributed by atoms with Crippen molar-refractivity contribution in [2.75, 3.05) is 0 Å². The first-order valence-electron chi connectivity index (χ1n) is 6.65. The van der Waals surface area contributed by atoms with Crippen molar-refractivity contribution in [2.45, 2.75) is 25.8 Å². The molecule has 0 atom stereocenters. The van der Waals surface area contributed by atoms with E-state index in [0.29, 0.717) is 0 Å². The Balaban J connectivity index is 1.99.